The second-order valence-corrected chi connectivity index (χ2v) is 7.27. The van der Waals surface area contributed by atoms with E-state index in [1.807, 2.05) is 0 Å². The fourth-order valence-corrected chi connectivity index (χ4v) is 3.13. The molecule has 2 aromatic rings. The first-order valence-electron chi connectivity index (χ1n) is 10.6. The molecule has 0 aliphatic carbocycles. The highest BCUT2D eigenvalue weighted by molar-refractivity contribution is 6.21. The molecule has 0 N–H and O–H groups in total. The van der Waals surface area contributed by atoms with Gasteiger partial charge in [-0.15, -0.1) is 0 Å². The van der Waals surface area contributed by atoms with Crippen LogP contribution in [0.3, 0.4) is 0 Å². The van der Waals surface area contributed by atoms with Crippen LogP contribution in [0.25, 0.3) is 0 Å². The Morgan fingerprint density at radius 2 is 1.11 bits per heavy atom. The van der Waals surface area contributed by atoms with Crippen LogP contribution in [0.5, 0.6) is 5.75 Å². The van der Waals surface area contributed by atoms with Gasteiger partial charge in [-0.25, -0.2) is 13.2 Å². The average Bonchev–Trinajstić information content (AvgIpc) is 3.12. The molecule has 1 aliphatic heterocycles. The van der Waals surface area contributed by atoms with E-state index in [0.29, 0.717) is 11.1 Å². The van der Waals surface area contributed by atoms with Crippen molar-refractivity contribution in [2.24, 2.45) is 0 Å². The van der Waals surface area contributed by atoms with Crippen molar-refractivity contribution < 1.29 is 55.3 Å². The molecular formula is C23H20F5NO7. The molecule has 0 radical (unpaired) electrons. The van der Waals surface area contributed by atoms with Crippen LogP contribution in [0.4, 0.5) is 22.0 Å². The molecule has 0 bridgehead atoms. The first-order chi connectivity index (χ1) is 17.2. The summed E-state index contributed by atoms with van der Waals surface area (Å²) in [6, 6.07) is 6.53. The molecule has 36 heavy (non-hydrogen) atoms. The molecule has 0 unspecified atom stereocenters. The molecule has 0 saturated heterocycles. The van der Waals surface area contributed by atoms with Gasteiger partial charge in [-0.3, -0.25) is 19.3 Å². The molecule has 0 saturated carbocycles. The van der Waals surface area contributed by atoms with Crippen LogP contribution in [-0.4, -0.2) is 68.9 Å². The molecule has 1 heterocycles. The summed E-state index contributed by atoms with van der Waals surface area (Å²) in [4.78, 5) is 37.1. The maximum atomic E-state index is 13.5. The Bertz CT molecular complexity index is 1080. The van der Waals surface area contributed by atoms with Gasteiger partial charge in [0.2, 0.25) is 34.8 Å². The van der Waals surface area contributed by atoms with Crippen LogP contribution in [0.2, 0.25) is 0 Å². The normalized spacial score (nSPS) is 12.9. The fraction of sp³-hybridized carbons (Fsp3) is 0.348. The topological polar surface area (TPSA) is 91.4 Å². The second kappa shape index (κ2) is 12.5. The van der Waals surface area contributed by atoms with Gasteiger partial charge < -0.3 is 18.9 Å². The van der Waals surface area contributed by atoms with E-state index < -0.39 is 47.2 Å². The highest BCUT2D eigenvalue weighted by Crippen LogP contribution is 2.29. The van der Waals surface area contributed by atoms with E-state index in [2.05, 4.69) is 4.74 Å². The van der Waals surface area contributed by atoms with Gasteiger partial charge >= 0.3 is 5.97 Å². The van der Waals surface area contributed by atoms with Gasteiger partial charge in [0, 0.05) is 0 Å². The Balaban J connectivity index is 1.22. The van der Waals surface area contributed by atoms with Crippen molar-refractivity contribution in [1.29, 1.82) is 0 Å². The smallest absolute Gasteiger partial charge is 0.313 e. The summed E-state index contributed by atoms with van der Waals surface area (Å²) in [7, 11) is 0. The average molecular weight is 517 g/mol. The van der Waals surface area contributed by atoms with Crippen LogP contribution in [0, 0.1) is 29.1 Å². The standard InChI is InChI=1S/C23H20F5NO7/c24-16-17(25)19(27)21(20(28)18(16)26)36-15(30)5-7-33-9-11-35-12-10-34-8-6-29-22(31)13-3-1-2-4-14(13)23(29)32/h1-4H,5-12H2. The highest BCUT2D eigenvalue weighted by Gasteiger charge is 2.34. The molecule has 1 aliphatic rings. The third-order valence-electron chi connectivity index (χ3n) is 4.92. The zero-order valence-corrected chi connectivity index (χ0v) is 18.7. The van der Waals surface area contributed by atoms with Gasteiger partial charge in [0.1, 0.15) is 0 Å². The minimum Gasteiger partial charge on any atom is -0.420 e. The number of hydrogen-bond donors (Lipinski definition) is 0. The number of rotatable bonds is 13. The Kier molecular flexibility index (Phi) is 9.44. The lowest BCUT2D eigenvalue weighted by atomic mass is 10.1. The van der Waals surface area contributed by atoms with Crippen molar-refractivity contribution in [3.05, 3.63) is 64.5 Å². The van der Waals surface area contributed by atoms with Crippen LogP contribution in [-0.2, 0) is 19.0 Å². The number of carbonyl (C=O) groups is 3. The molecule has 0 aromatic heterocycles. The minimum atomic E-state index is -2.36. The largest absolute Gasteiger partial charge is 0.420 e. The molecule has 3 rings (SSSR count). The molecule has 0 fully saturated rings. The summed E-state index contributed by atoms with van der Waals surface area (Å²) >= 11 is 0. The van der Waals surface area contributed by atoms with Crippen LogP contribution < -0.4 is 4.74 Å². The first-order valence-corrected chi connectivity index (χ1v) is 10.6. The molecule has 2 aromatic carbocycles. The summed E-state index contributed by atoms with van der Waals surface area (Å²) in [5.74, 6) is -15.0. The Hall–Kier alpha value is -3.42. The first kappa shape index (κ1) is 27.2. The number of hydrogen-bond acceptors (Lipinski definition) is 7. The molecule has 13 heteroatoms. The quantitative estimate of drug-likeness (QED) is 0.0768. The summed E-state index contributed by atoms with van der Waals surface area (Å²) in [6.45, 7) is 0.450. The lowest BCUT2D eigenvalue weighted by Gasteiger charge is -2.13. The predicted octanol–water partition coefficient (Wildman–Crippen LogP) is 3.02. The van der Waals surface area contributed by atoms with Gasteiger partial charge in [-0.1, -0.05) is 12.1 Å². The third kappa shape index (κ3) is 6.22. The maximum absolute atomic E-state index is 13.5. The van der Waals surface area contributed by atoms with Gasteiger partial charge in [-0.05, 0) is 12.1 Å². The van der Waals surface area contributed by atoms with E-state index in [0.717, 1.165) is 4.90 Å². The number of benzene rings is 2. The number of fused-ring (bicyclic) bond motifs is 1. The third-order valence-corrected chi connectivity index (χ3v) is 4.92. The van der Waals surface area contributed by atoms with E-state index in [1.54, 1.807) is 24.3 Å². The predicted molar refractivity (Wildman–Crippen MR) is 111 cm³/mol. The molecule has 2 amide bonds. The zero-order valence-electron chi connectivity index (χ0n) is 18.7. The summed E-state index contributed by atoms with van der Waals surface area (Å²) in [5.41, 5.74) is 0.716. The van der Waals surface area contributed by atoms with Crippen LogP contribution in [0.15, 0.2) is 24.3 Å². The Morgan fingerprint density at radius 3 is 1.64 bits per heavy atom. The van der Waals surface area contributed by atoms with E-state index in [-0.39, 0.29) is 58.0 Å². The van der Waals surface area contributed by atoms with Crippen molar-refractivity contribution in [3.63, 3.8) is 0 Å². The van der Waals surface area contributed by atoms with E-state index in [1.165, 1.54) is 0 Å². The van der Waals surface area contributed by atoms with Gasteiger partial charge in [0.15, 0.2) is 0 Å². The summed E-state index contributed by atoms with van der Waals surface area (Å²) < 4.78 is 86.0. The molecule has 194 valence electrons. The number of halogens is 5. The number of amides is 2. The van der Waals surface area contributed by atoms with Gasteiger partial charge in [0.05, 0.1) is 63.7 Å². The van der Waals surface area contributed by atoms with Gasteiger partial charge in [0.25, 0.3) is 11.8 Å². The lowest BCUT2D eigenvalue weighted by molar-refractivity contribution is -0.136. The number of nitrogens with zero attached hydrogens (tertiary/aromatic N) is 1. The molecular weight excluding hydrogens is 497 g/mol. The minimum absolute atomic E-state index is 0.0326. The van der Waals surface area contributed by atoms with Crippen LogP contribution in [0.1, 0.15) is 27.1 Å². The Morgan fingerprint density at radius 1 is 0.667 bits per heavy atom. The van der Waals surface area contributed by atoms with Gasteiger partial charge in [-0.2, -0.15) is 8.78 Å². The number of carbonyl (C=O) groups excluding carboxylic acids is 3. The van der Waals surface area contributed by atoms with Crippen molar-refractivity contribution in [2.45, 2.75) is 6.42 Å². The maximum Gasteiger partial charge on any atom is 0.313 e. The second-order valence-electron chi connectivity index (χ2n) is 7.27. The fourth-order valence-electron chi connectivity index (χ4n) is 3.13. The SMILES string of the molecule is O=C(CCOCCOCCOCCN1C(=O)c2ccccc2C1=O)Oc1c(F)c(F)c(F)c(F)c1F. The monoisotopic (exact) mass is 517 g/mol. The highest BCUT2D eigenvalue weighted by atomic mass is 19.2. The Labute approximate surface area is 201 Å². The van der Waals surface area contributed by atoms with E-state index in [9.17, 15) is 36.3 Å². The van der Waals surface area contributed by atoms with Crippen molar-refractivity contribution in [1.82, 2.24) is 4.90 Å². The van der Waals surface area contributed by atoms with Crippen molar-refractivity contribution in [3.8, 4) is 5.75 Å². The van der Waals surface area contributed by atoms with Crippen molar-refractivity contribution in [2.75, 3.05) is 46.2 Å². The molecule has 8 nitrogen and oxygen atoms in total. The van der Waals surface area contributed by atoms with E-state index in [4.69, 9.17) is 14.2 Å². The van der Waals surface area contributed by atoms with E-state index >= 15 is 0 Å². The number of imide groups is 1. The number of esters is 1. The molecule has 0 spiro atoms. The molecule has 0 atom stereocenters. The lowest BCUT2D eigenvalue weighted by Crippen LogP contribution is -2.33. The zero-order chi connectivity index (χ0) is 26.2. The summed E-state index contributed by atoms with van der Waals surface area (Å²) in [5, 5.41) is 0. The summed E-state index contributed by atoms with van der Waals surface area (Å²) in [6.07, 6.45) is -0.513. The number of ether oxygens (including phenoxy) is 4. The van der Waals surface area contributed by atoms with Crippen LogP contribution >= 0.6 is 0 Å². The van der Waals surface area contributed by atoms with Crippen molar-refractivity contribution >= 4 is 17.8 Å².